The van der Waals surface area contributed by atoms with Crippen LogP contribution in [0, 0.1) is 17.6 Å². The zero-order chi connectivity index (χ0) is 22.4. The lowest BCUT2D eigenvalue weighted by Crippen LogP contribution is -2.64. The van der Waals surface area contributed by atoms with E-state index < -0.39 is 11.6 Å². The van der Waals surface area contributed by atoms with Crippen molar-refractivity contribution in [1.82, 2.24) is 14.8 Å². The normalized spacial score (nSPS) is 25.1. The number of nitrogens with zero attached hydrogens (tertiary/aromatic N) is 2. The first-order valence-electron chi connectivity index (χ1n) is 11.0. The third kappa shape index (κ3) is 4.05. The fraction of sp³-hybridized carbons (Fsp3) is 0.417. The van der Waals surface area contributed by atoms with Crippen molar-refractivity contribution in [3.63, 3.8) is 0 Å². The summed E-state index contributed by atoms with van der Waals surface area (Å²) in [6.45, 7) is 4.71. The molecule has 0 bridgehead atoms. The van der Waals surface area contributed by atoms with Crippen molar-refractivity contribution in [2.45, 2.75) is 31.7 Å². The largest absolute Gasteiger partial charge is 0.485 e. The second-order valence-electron chi connectivity index (χ2n) is 8.95. The van der Waals surface area contributed by atoms with Gasteiger partial charge in [0.15, 0.2) is 11.6 Å². The molecule has 0 aliphatic carbocycles. The van der Waals surface area contributed by atoms with Crippen LogP contribution < -0.4 is 10.1 Å². The molecule has 170 valence electrons. The number of piperidine rings is 1. The van der Waals surface area contributed by atoms with E-state index >= 15 is 0 Å². The molecule has 2 saturated heterocycles. The summed E-state index contributed by atoms with van der Waals surface area (Å²) in [7, 11) is 2.14. The zero-order valence-corrected chi connectivity index (χ0v) is 18.9. The molecule has 2 aromatic carbocycles. The minimum atomic E-state index is -0.655. The maximum atomic E-state index is 13.9. The van der Waals surface area contributed by atoms with Crippen LogP contribution in [0.15, 0.2) is 42.6 Å². The molecule has 2 aliphatic heterocycles. The number of aromatic amines is 1. The lowest BCUT2D eigenvalue weighted by Gasteiger charge is -2.51. The van der Waals surface area contributed by atoms with Crippen molar-refractivity contribution in [1.29, 1.82) is 0 Å². The second kappa shape index (κ2) is 8.54. The predicted octanol–water partition coefficient (Wildman–Crippen LogP) is 4.94. The number of anilines is 1. The molecule has 5 nitrogen and oxygen atoms in total. The molecule has 0 amide bonds. The predicted molar refractivity (Wildman–Crippen MR) is 123 cm³/mol. The van der Waals surface area contributed by atoms with Gasteiger partial charge in [0.25, 0.3) is 0 Å². The molecule has 2 fully saturated rings. The summed E-state index contributed by atoms with van der Waals surface area (Å²) < 4.78 is 32.8. The number of likely N-dealkylation sites (tertiary alicyclic amines) is 2. The van der Waals surface area contributed by atoms with Crippen molar-refractivity contribution >= 4 is 28.2 Å². The number of fused-ring (bicyclic) bond motifs is 1. The van der Waals surface area contributed by atoms with Gasteiger partial charge in [0.2, 0.25) is 0 Å². The van der Waals surface area contributed by atoms with Gasteiger partial charge in [-0.2, -0.15) is 0 Å². The van der Waals surface area contributed by atoms with Gasteiger partial charge in [-0.1, -0.05) is 18.5 Å². The molecule has 32 heavy (non-hydrogen) atoms. The monoisotopic (exact) mass is 460 g/mol. The third-order valence-corrected chi connectivity index (χ3v) is 7.14. The van der Waals surface area contributed by atoms with Gasteiger partial charge < -0.3 is 15.0 Å². The molecule has 0 spiro atoms. The van der Waals surface area contributed by atoms with Crippen LogP contribution in [0.5, 0.6) is 5.75 Å². The van der Waals surface area contributed by atoms with E-state index in [2.05, 4.69) is 40.1 Å². The van der Waals surface area contributed by atoms with E-state index in [1.807, 2.05) is 18.3 Å². The second-order valence-corrected chi connectivity index (χ2v) is 9.36. The van der Waals surface area contributed by atoms with Gasteiger partial charge in [-0.05, 0) is 43.8 Å². The van der Waals surface area contributed by atoms with Crippen molar-refractivity contribution in [3.05, 3.63) is 59.3 Å². The van der Waals surface area contributed by atoms with Gasteiger partial charge in [-0.15, -0.1) is 0 Å². The summed E-state index contributed by atoms with van der Waals surface area (Å²) in [6.07, 6.45) is 3.03. The highest BCUT2D eigenvalue weighted by Crippen LogP contribution is 2.34. The zero-order valence-electron chi connectivity index (χ0n) is 18.1. The highest BCUT2D eigenvalue weighted by atomic mass is 35.5. The van der Waals surface area contributed by atoms with Crippen molar-refractivity contribution in [3.8, 4) is 5.75 Å². The average molecular weight is 461 g/mol. The molecule has 5 rings (SSSR count). The average Bonchev–Trinajstić information content (AvgIpc) is 3.19. The highest BCUT2D eigenvalue weighted by molar-refractivity contribution is 6.35. The number of rotatable bonds is 5. The minimum absolute atomic E-state index is 0.0812. The molecule has 3 heterocycles. The van der Waals surface area contributed by atoms with E-state index in [9.17, 15) is 8.78 Å². The fourth-order valence-corrected chi connectivity index (χ4v) is 5.33. The number of H-pyrrole nitrogens is 1. The van der Waals surface area contributed by atoms with Crippen molar-refractivity contribution in [2.75, 3.05) is 32.0 Å². The van der Waals surface area contributed by atoms with E-state index in [4.69, 9.17) is 16.3 Å². The van der Waals surface area contributed by atoms with Crippen molar-refractivity contribution in [2.24, 2.45) is 5.92 Å². The molecule has 8 heteroatoms. The standard InChI is InChI=1S/C24H27ClF2N4O/c1-14-22(31-12-17(13-31)32-23-4-3-15(26)9-20(23)27)6-8-30(2)24(14)29-16-10-19(25)18-5-7-28-21(18)11-16/h3-5,7,9-11,14,17,22,24,28-29H,6,8,12-13H2,1-2H3. The number of nitrogens with one attached hydrogen (secondary N) is 2. The first-order chi connectivity index (χ1) is 15.4. The van der Waals surface area contributed by atoms with Crippen LogP contribution in [0.1, 0.15) is 13.3 Å². The molecule has 0 radical (unpaired) electrons. The van der Waals surface area contributed by atoms with Crippen LogP contribution in [0.2, 0.25) is 5.02 Å². The topological polar surface area (TPSA) is 43.5 Å². The van der Waals surface area contributed by atoms with Gasteiger partial charge in [0, 0.05) is 60.4 Å². The first kappa shape index (κ1) is 21.5. The Balaban J connectivity index is 1.23. The summed E-state index contributed by atoms with van der Waals surface area (Å²) in [5.41, 5.74) is 2.00. The van der Waals surface area contributed by atoms with E-state index in [0.29, 0.717) is 12.0 Å². The number of hydrogen-bond donors (Lipinski definition) is 2. The molecular formula is C24H27ClF2N4O. The fourth-order valence-electron chi connectivity index (χ4n) is 5.05. The molecule has 3 aromatic rings. The highest BCUT2D eigenvalue weighted by Gasteiger charge is 2.42. The summed E-state index contributed by atoms with van der Waals surface area (Å²) >= 11 is 6.46. The quantitative estimate of drug-likeness (QED) is 0.566. The Kier molecular flexibility index (Phi) is 5.73. The lowest BCUT2D eigenvalue weighted by molar-refractivity contribution is -0.0537. The van der Waals surface area contributed by atoms with Crippen molar-refractivity contribution < 1.29 is 13.5 Å². The molecule has 2 aliphatic rings. The maximum Gasteiger partial charge on any atom is 0.167 e. The van der Waals surface area contributed by atoms with Crippen LogP contribution in [0.25, 0.3) is 10.9 Å². The Morgan fingerprint density at radius 3 is 2.75 bits per heavy atom. The van der Waals surface area contributed by atoms with Crippen LogP contribution >= 0.6 is 11.6 Å². The van der Waals surface area contributed by atoms with Gasteiger partial charge in [-0.3, -0.25) is 9.80 Å². The van der Waals surface area contributed by atoms with E-state index in [0.717, 1.165) is 53.7 Å². The molecule has 0 saturated carbocycles. The van der Waals surface area contributed by atoms with Gasteiger partial charge in [-0.25, -0.2) is 8.78 Å². The van der Waals surface area contributed by atoms with Crippen LogP contribution in [0.3, 0.4) is 0 Å². The van der Waals surface area contributed by atoms with Crippen LogP contribution in [-0.4, -0.2) is 59.8 Å². The van der Waals surface area contributed by atoms with Gasteiger partial charge >= 0.3 is 0 Å². The number of aromatic nitrogens is 1. The Bertz CT molecular complexity index is 1120. The Morgan fingerprint density at radius 1 is 1.16 bits per heavy atom. The lowest BCUT2D eigenvalue weighted by atomic mass is 9.87. The molecular weight excluding hydrogens is 434 g/mol. The van der Waals surface area contributed by atoms with E-state index in [1.165, 1.54) is 12.1 Å². The first-order valence-corrected chi connectivity index (χ1v) is 11.4. The van der Waals surface area contributed by atoms with Gasteiger partial charge in [0.1, 0.15) is 11.9 Å². The van der Waals surface area contributed by atoms with Gasteiger partial charge in [0.05, 0.1) is 11.2 Å². The summed E-state index contributed by atoms with van der Waals surface area (Å²) in [4.78, 5) is 7.98. The third-order valence-electron chi connectivity index (χ3n) is 6.82. The number of halogens is 3. The number of benzene rings is 2. The van der Waals surface area contributed by atoms with Crippen LogP contribution in [0.4, 0.5) is 14.5 Å². The molecule has 1 aromatic heterocycles. The van der Waals surface area contributed by atoms with E-state index in [1.54, 1.807) is 0 Å². The SMILES string of the molecule is CC1C(Nc2cc(Cl)c3cc[nH]c3c2)N(C)CCC1N1CC(Oc2ccc(F)cc2F)C1. The Labute approximate surface area is 191 Å². The summed E-state index contributed by atoms with van der Waals surface area (Å²) in [5.74, 6) is -0.780. The van der Waals surface area contributed by atoms with Crippen LogP contribution in [-0.2, 0) is 0 Å². The Hall–Kier alpha value is -2.35. The summed E-state index contributed by atoms with van der Waals surface area (Å²) in [5, 5.41) is 5.42. The molecule has 2 N–H and O–H groups in total. The molecule has 3 atom stereocenters. The number of ether oxygens (including phenoxy) is 1. The smallest absolute Gasteiger partial charge is 0.167 e. The number of hydrogen-bond acceptors (Lipinski definition) is 4. The maximum absolute atomic E-state index is 13.9. The Morgan fingerprint density at radius 2 is 1.97 bits per heavy atom. The van der Waals surface area contributed by atoms with E-state index in [-0.39, 0.29) is 18.0 Å². The minimum Gasteiger partial charge on any atom is -0.485 e. The summed E-state index contributed by atoms with van der Waals surface area (Å²) in [6, 6.07) is 9.89. The molecule has 3 unspecified atom stereocenters.